The van der Waals surface area contributed by atoms with Gasteiger partial charge in [0.25, 0.3) is 0 Å². The number of halogens is 1. The van der Waals surface area contributed by atoms with Crippen molar-refractivity contribution in [2.75, 3.05) is 26.3 Å². The molecule has 0 saturated carbocycles. The first-order chi connectivity index (χ1) is 16.5. The number of aromatic nitrogens is 1. The van der Waals surface area contributed by atoms with Gasteiger partial charge in [-0.3, -0.25) is 4.90 Å². The summed E-state index contributed by atoms with van der Waals surface area (Å²) in [6, 6.07) is 17.8. The molecule has 0 radical (unpaired) electrons. The second kappa shape index (κ2) is 11.4. The second-order valence-corrected chi connectivity index (χ2v) is 8.98. The van der Waals surface area contributed by atoms with Crippen LogP contribution in [0.25, 0.3) is 16.7 Å². The van der Waals surface area contributed by atoms with Crippen molar-refractivity contribution in [3.8, 4) is 28.7 Å². The molecule has 0 spiro atoms. The van der Waals surface area contributed by atoms with E-state index in [9.17, 15) is 5.11 Å². The van der Waals surface area contributed by atoms with Gasteiger partial charge in [-0.1, -0.05) is 42.3 Å². The highest BCUT2D eigenvalue weighted by molar-refractivity contribution is 6.30. The van der Waals surface area contributed by atoms with Gasteiger partial charge in [0.15, 0.2) is 0 Å². The van der Waals surface area contributed by atoms with Gasteiger partial charge in [-0.15, -0.1) is 0 Å². The van der Waals surface area contributed by atoms with Crippen molar-refractivity contribution in [3.63, 3.8) is 0 Å². The number of aliphatic hydroxyl groups is 1. The van der Waals surface area contributed by atoms with Gasteiger partial charge in [0, 0.05) is 40.5 Å². The van der Waals surface area contributed by atoms with E-state index in [4.69, 9.17) is 16.3 Å². The second-order valence-electron chi connectivity index (χ2n) is 8.54. The molecule has 0 bridgehead atoms. The minimum Gasteiger partial charge on any atom is -0.492 e. The molecule has 0 amide bonds. The predicted octanol–water partition coefficient (Wildman–Crippen LogP) is 5.67. The monoisotopic (exact) mass is 472 g/mol. The average molecular weight is 473 g/mol. The van der Waals surface area contributed by atoms with Crippen molar-refractivity contribution in [2.45, 2.75) is 25.8 Å². The van der Waals surface area contributed by atoms with Crippen molar-refractivity contribution in [2.24, 2.45) is 0 Å². The minimum atomic E-state index is 0.211. The van der Waals surface area contributed by atoms with Gasteiger partial charge in [0.2, 0.25) is 0 Å². The molecule has 34 heavy (non-hydrogen) atoms. The molecule has 0 unspecified atom stereocenters. The van der Waals surface area contributed by atoms with E-state index in [0.29, 0.717) is 17.3 Å². The molecule has 5 heteroatoms. The minimum absolute atomic E-state index is 0.211. The van der Waals surface area contributed by atoms with Crippen LogP contribution in [-0.4, -0.2) is 47.3 Å². The Balaban J connectivity index is 1.42. The van der Waals surface area contributed by atoms with E-state index in [1.165, 1.54) is 0 Å². The quantitative estimate of drug-likeness (QED) is 0.450. The maximum absolute atomic E-state index is 9.49. The lowest BCUT2D eigenvalue weighted by Gasteiger charge is -2.23. The number of hydrogen-bond acceptors (Lipinski definition) is 4. The highest BCUT2D eigenvalue weighted by atomic mass is 35.5. The van der Waals surface area contributed by atoms with E-state index >= 15 is 0 Å². The smallest absolute Gasteiger partial charge is 0.126 e. The van der Waals surface area contributed by atoms with E-state index in [-0.39, 0.29) is 12.6 Å². The summed E-state index contributed by atoms with van der Waals surface area (Å²) >= 11 is 5.97. The van der Waals surface area contributed by atoms with Crippen LogP contribution in [0.3, 0.4) is 0 Å². The highest BCUT2D eigenvalue weighted by Crippen LogP contribution is 2.27. The van der Waals surface area contributed by atoms with Crippen LogP contribution in [0.5, 0.6) is 5.75 Å². The third kappa shape index (κ3) is 6.07. The van der Waals surface area contributed by atoms with Gasteiger partial charge in [-0.2, -0.15) is 0 Å². The largest absolute Gasteiger partial charge is 0.492 e. The van der Waals surface area contributed by atoms with Crippen LogP contribution in [0, 0.1) is 11.8 Å². The fourth-order valence-electron chi connectivity index (χ4n) is 4.15. The molecule has 4 rings (SSSR count). The summed E-state index contributed by atoms with van der Waals surface area (Å²) in [5.41, 5.74) is 5.56. The molecule has 1 aromatic heterocycles. The van der Waals surface area contributed by atoms with Crippen LogP contribution in [0.4, 0.5) is 0 Å². The predicted molar refractivity (Wildman–Crippen MR) is 139 cm³/mol. The molecule has 1 aliphatic rings. The molecule has 174 valence electrons. The molecule has 4 nitrogen and oxygen atoms in total. The first-order valence-corrected chi connectivity index (χ1v) is 11.9. The van der Waals surface area contributed by atoms with Crippen molar-refractivity contribution >= 4 is 17.2 Å². The third-order valence-corrected chi connectivity index (χ3v) is 6.31. The molecular weight excluding hydrogens is 444 g/mol. The molecule has 1 aliphatic heterocycles. The number of rotatable bonds is 7. The maximum Gasteiger partial charge on any atom is 0.126 e. The van der Waals surface area contributed by atoms with Crippen LogP contribution < -0.4 is 4.74 Å². The summed E-state index contributed by atoms with van der Waals surface area (Å²) in [4.78, 5) is 6.78. The van der Waals surface area contributed by atoms with Crippen molar-refractivity contribution in [1.29, 1.82) is 0 Å². The number of benzene rings is 2. The molecule has 2 heterocycles. The van der Waals surface area contributed by atoms with Gasteiger partial charge in [-0.05, 0) is 79.8 Å². The highest BCUT2D eigenvalue weighted by Gasteiger charge is 2.23. The Labute approximate surface area is 206 Å². The fourth-order valence-corrected chi connectivity index (χ4v) is 4.28. The molecule has 0 aliphatic carbocycles. The van der Waals surface area contributed by atoms with E-state index in [1.54, 1.807) is 0 Å². The Morgan fingerprint density at radius 3 is 2.65 bits per heavy atom. The van der Waals surface area contributed by atoms with Gasteiger partial charge in [0.05, 0.1) is 6.61 Å². The average Bonchev–Trinajstić information content (AvgIpc) is 3.31. The number of aliphatic hydroxyl groups excluding tert-OH is 1. The number of allylic oxidation sites excluding steroid dienone is 1. The topological polar surface area (TPSA) is 45.6 Å². The van der Waals surface area contributed by atoms with Crippen molar-refractivity contribution < 1.29 is 9.84 Å². The number of likely N-dealkylation sites (tertiary alicyclic amines) is 1. The first-order valence-electron chi connectivity index (χ1n) is 11.5. The summed E-state index contributed by atoms with van der Waals surface area (Å²) < 4.78 is 6.08. The normalized spacial score (nSPS) is 15.6. The molecule has 1 saturated heterocycles. The molecule has 1 N–H and O–H groups in total. The Morgan fingerprint density at radius 1 is 1.15 bits per heavy atom. The Morgan fingerprint density at radius 2 is 1.94 bits per heavy atom. The fraction of sp³-hybridized carbons (Fsp3) is 0.276. The van der Waals surface area contributed by atoms with Crippen LogP contribution >= 0.6 is 11.6 Å². The molecule has 3 aromatic rings. The summed E-state index contributed by atoms with van der Waals surface area (Å²) in [7, 11) is 0. The lowest BCUT2D eigenvalue weighted by Crippen LogP contribution is -2.35. The van der Waals surface area contributed by atoms with E-state index in [2.05, 4.69) is 28.3 Å². The molecule has 1 fully saturated rings. The standard InChI is InChI=1S/C29H29ClN2O2/c1-21(2)28-18-22(6-14-29(28)34-17-16-32-15-3-4-27(32)20-33)5-12-26-13-9-24(19-31-26)23-7-10-25(30)11-8-23/h6-11,13-14,18-19,27,33H,1,3-4,15-17,20H2,2H3/t27-/m0/s1. The third-order valence-electron chi connectivity index (χ3n) is 6.06. The molecular formula is C29H29ClN2O2. The number of pyridine rings is 1. The lowest BCUT2D eigenvalue weighted by molar-refractivity contribution is 0.139. The Hall–Kier alpha value is -3.10. The number of ether oxygens (including phenoxy) is 1. The lowest BCUT2D eigenvalue weighted by atomic mass is 10.0. The van der Waals surface area contributed by atoms with Crippen LogP contribution in [0.15, 0.2) is 67.4 Å². The summed E-state index contributed by atoms with van der Waals surface area (Å²) in [5, 5.41) is 10.2. The van der Waals surface area contributed by atoms with E-state index < -0.39 is 0 Å². The number of nitrogens with zero attached hydrogens (tertiary/aromatic N) is 2. The zero-order chi connectivity index (χ0) is 23.9. The first kappa shape index (κ1) is 24.0. The van der Waals surface area contributed by atoms with Crippen LogP contribution in [0.2, 0.25) is 5.02 Å². The summed E-state index contributed by atoms with van der Waals surface area (Å²) in [6.45, 7) is 8.69. The zero-order valence-corrected chi connectivity index (χ0v) is 20.2. The Kier molecular flexibility index (Phi) is 8.03. The SMILES string of the molecule is C=C(C)c1cc(C#Cc2ccc(-c3ccc(Cl)cc3)cn2)ccc1OCCN1CCC[C@H]1CO. The molecule has 2 aromatic carbocycles. The Bertz CT molecular complexity index is 1190. The van der Waals surface area contributed by atoms with Crippen molar-refractivity contribution in [1.82, 2.24) is 9.88 Å². The zero-order valence-electron chi connectivity index (χ0n) is 19.4. The van der Waals surface area contributed by atoms with Gasteiger partial charge >= 0.3 is 0 Å². The van der Waals surface area contributed by atoms with Gasteiger partial charge in [0.1, 0.15) is 18.1 Å². The molecule has 1 atom stereocenters. The van der Waals surface area contributed by atoms with Crippen molar-refractivity contribution in [3.05, 3.63) is 89.2 Å². The van der Waals surface area contributed by atoms with Crippen LogP contribution in [0.1, 0.15) is 36.6 Å². The number of hydrogen-bond donors (Lipinski definition) is 1. The maximum atomic E-state index is 9.49. The van der Waals surface area contributed by atoms with Gasteiger partial charge in [-0.25, -0.2) is 4.98 Å². The van der Waals surface area contributed by atoms with Gasteiger partial charge < -0.3 is 9.84 Å². The van der Waals surface area contributed by atoms with E-state index in [0.717, 1.165) is 59.5 Å². The van der Waals surface area contributed by atoms with E-state index in [1.807, 2.05) is 67.7 Å². The summed E-state index contributed by atoms with van der Waals surface area (Å²) in [5.74, 6) is 7.15. The summed E-state index contributed by atoms with van der Waals surface area (Å²) in [6.07, 6.45) is 4.01. The van der Waals surface area contributed by atoms with Crippen LogP contribution in [-0.2, 0) is 0 Å².